The van der Waals surface area contributed by atoms with E-state index in [1.807, 2.05) is 0 Å². The van der Waals surface area contributed by atoms with Crippen molar-refractivity contribution in [1.82, 2.24) is 0 Å². The van der Waals surface area contributed by atoms with Crippen LogP contribution in [-0.2, 0) is 0 Å². The van der Waals surface area contributed by atoms with E-state index < -0.39 is 28.4 Å². The highest BCUT2D eigenvalue weighted by molar-refractivity contribution is 6.17. The third-order valence-electron chi connectivity index (χ3n) is 4.54. The number of fused-ring (bicyclic) bond motifs is 1. The van der Waals surface area contributed by atoms with E-state index in [0.29, 0.717) is 5.39 Å². The number of nitro benzene ring substituents is 1. The first-order chi connectivity index (χ1) is 15.3. The van der Waals surface area contributed by atoms with Crippen LogP contribution >= 0.6 is 0 Å². The van der Waals surface area contributed by atoms with Gasteiger partial charge in [-0.25, -0.2) is 8.78 Å². The van der Waals surface area contributed by atoms with Crippen molar-refractivity contribution in [2.24, 2.45) is 0 Å². The zero-order chi connectivity index (χ0) is 22.8. The predicted molar refractivity (Wildman–Crippen MR) is 112 cm³/mol. The van der Waals surface area contributed by atoms with Gasteiger partial charge in [-0.05, 0) is 30.3 Å². The lowest BCUT2D eigenvalue weighted by molar-refractivity contribution is -0.384. The van der Waals surface area contributed by atoms with Gasteiger partial charge >= 0.3 is 0 Å². The number of nitrogens with one attached hydrogen (secondary N) is 2. The molecule has 0 bridgehead atoms. The van der Waals surface area contributed by atoms with Crippen LogP contribution in [0.5, 0.6) is 0 Å². The van der Waals surface area contributed by atoms with Crippen molar-refractivity contribution in [3.05, 3.63) is 99.8 Å². The molecule has 0 aliphatic carbocycles. The molecule has 10 heteroatoms. The zero-order valence-electron chi connectivity index (χ0n) is 16.1. The molecule has 2 N–H and O–H groups in total. The van der Waals surface area contributed by atoms with E-state index in [9.17, 15) is 28.5 Å². The SMILES string of the molecule is O=C(Nc1c(C(=O)Nc2ccc(F)c(F)c2)oc2ccccc12)c1cccc([N+](=O)[O-])c1. The van der Waals surface area contributed by atoms with Crippen LogP contribution in [0.4, 0.5) is 25.8 Å². The summed E-state index contributed by atoms with van der Waals surface area (Å²) in [6.07, 6.45) is 0. The number of benzene rings is 3. The second kappa shape index (κ2) is 8.26. The van der Waals surface area contributed by atoms with Crippen LogP contribution in [-0.4, -0.2) is 16.7 Å². The maximum Gasteiger partial charge on any atom is 0.293 e. The average molecular weight is 437 g/mol. The third kappa shape index (κ3) is 4.01. The van der Waals surface area contributed by atoms with Gasteiger partial charge in [0.15, 0.2) is 11.6 Å². The number of carbonyl (C=O) groups is 2. The molecule has 1 aromatic heterocycles. The largest absolute Gasteiger partial charge is 0.449 e. The Bertz CT molecular complexity index is 1380. The van der Waals surface area contributed by atoms with E-state index >= 15 is 0 Å². The second-order valence-electron chi connectivity index (χ2n) is 6.65. The van der Waals surface area contributed by atoms with Gasteiger partial charge in [0, 0.05) is 34.8 Å². The van der Waals surface area contributed by atoms with Gasteiger partial charge in [0.2, 0.25) is 5.76 Å². The third-order valence-corrected chi connectivity index (χ3v) is 4.54. The molecule has 4 rings (SSSR count). The fourth-order valence-corrected chi connectivity index (χ4v) is 3.04. The number of anilines is 2. The van der Waals surface area contributed by atoms with Gasteiger partial charge in [-0.15, -0.1) is 0 Å². The molecule has 4 aromatic rings. The van der Waals surface area contributed by atoms with Crippen LogP contribution < -0.4 is 10.6 Å². The molecule has 32 heavy (non-hydrogen) atoms. The Balaban J connectivity index is 1.69. The lowest BCUT2D eigenvalue weighted by Crippen LogP contribution is -2.17. The second-order valence-corrected chi connectivity index (χ2v) is 6.65. The summed E-state index contributed by atoms with van der Waals surface area (Å²) >= 11 is 0. The topological polar surface area (TPSA) is 114 Å². The lowest BCUT2D eigenvalue weighted by atomic mass is 10.1. The Kier molecular flexibility index (Phi) is 5.34. The number of hydrogen-bond donors (Lipinski definition) is 2. The zero-order valence-corrected chi connectivity index (χ0v) is 16.1. The van der Waals surface area contributed by atoms with Gasteiger partial charge in [-0.3, -0.25) is 19.7 Å². The molecule has 0 saturated carbocycles. The van der Waals surface area contributed by atoms with Crippen molar-refractivity contribution < 1.29 is 27.7 Å². The smallest absolute Gasteiger partial charge is 0.293 e. The molecule has 1 heterocycles. The van der Waals surface area contributed by atoms with Crippen molar-refractivity contribution in [1.29, 1.82) is 0 Å². The van der Waals surface area contributed by atoms with Crippen LogP contribution in [0, 0.1) is 21.7 Å². The Morgan fingerprint density at radius 2 is 1.66 bits per heavy atom. The summed E-state index contributed by atoms with van der Waals surface area (Å²) in [6, 6.07) is 14.4. The Morgan fingerprint density at radius 1 is 0.875 bits per heavy atom. The van der Waals surface area contributed by atoms with E-state index in [1.165, 1.54) is 24.3 Å². The van der Waals surface area contributed by atoms with Crippen LogP contribution in [0.1, 0.15) is 20.9 Å². The number of nitrogens with zero attached hydrogens (tertiary/aromatic N) is 1. The first-order valence-corrected chi connectivity index (χ1v) is 9.17. The predicted octanol–water partition coefficient (Wildman–Crippen LogP) is 5.12. The Labute approximate surface area is 178 Å². The summed E-state index contributed by atoms with van der Waals surface area (Å²) in [6.45, 7) is 0. The maximum absolute atomic E-state index is 13.5. The summed E-state index contributed by atoms with van der Waals surface area (Å²) in [5.74, 6) is -4.03. The molecule has 0 atom stereocenters. The molecule has 0 radical (unpaired) electrons. The number of non-ortho nitro benzene ring substituents is 1. The van der Waals surface area contributed by atoms with E-state index in [1.54, 1.807) is 24.3 Å². The van der Waals surface area contributed by atoms with Gasteiger partial charge in [0.25, 0.3) is 17.5 Å². The number of furan rings is 1. The van der Waals surface area contributed by atoms with E-state index in [4.69, 9.17) is 4.42 Å². The molecular formula is C22H13F2N3O5. The first kappa shape index (κ1) is 20.7. The van der Waals surface area contributed by atoms with Crippen molar-refractivity contribution in [3.8, 4) is 0 Å². The first-order valence-electron chi connectivity index (χ1n) is 9.17. The van der Waals surface area contributed by atoms with Crippen molar-refractivity contribution in [3.63, 3.8) is 0 Å². The molecule has 0 spiro atoms. The van der Waals surface area contributed by atoms with Gasteiger partial charge in [-0.1, -0.05) is 18.2 Å². The number of carbonyl (C=O) groups excluding carboxylic acids is 2. The summed E-state index contributed by atoms with van der Waals surface area (Å²) in [5.41, 5.74) is 0.0160. The van der Waals surface area contributed by atoms with Crippen LogP contribution in [0.25, 0.3) is 11.0 Å². The molecule has 0 fully saturated rings. The fraction of sp³-hybridized carbons (Fsp3) is 0. The summed E-state index contributed by atoms with van der Waals surface area (Å²) in [4.78, 5) is 35.9. The van der Waals surface area contributed by atoms with Gasteiger partial charge in [-0.2, -0.15) is 0 Å². The quantitative estimate of drug-likeness (QED) is 0.332. The van der Waals surface area contributed by atoms with Crippen molar-refractivity contribution >= 4 is 39.8 Å². The van der Waals surface area contributed by atoms with E-state index in [2.05, 4.69) is 10.6 Å². The van der Waals surface area contributed by atoms with Crippen LogP contribution in [0.3, 0.4) is 0 Å². The minimum Gasteiger partial charge on any atom is -0.449 e. The number of nitro groups is 1. The Morgan fingerprint density at radius 3 is 2.41 bits per heavy atom. The summed E-state index contributed by atoms with van der Waals surface area (Å²) in [7, 11) is 0. The van der Waals surface area contributed by atoms with Crippen molar-refractivity contribution in [2.45, 2.75) is 0 Å². The lowest BCUT2D eigenvalue weighted by Gasteiger charge is -2.08. The van der Waals surface area contributed by atoms with Gasteiger partial charge in [0.1, 0.15) is 11.3 Å². The molecule has 0 unspecified atom stereocenters. The molecular weight excluding hydrogens is 424 g/mol. The molecule has 0 saturated heterocycles. The highest BCUT2D eigenvalue weighted by Crippen LogP contribution is 2.32. The van der Waals surface area contributed by atoms with Gasteiger partial charge in [0.05, 0.1) is 4.92 Å². The highest BCUT2D eigenvalue weighted by Gasteiger charge is 2.23. The minimum atomic E-state index is -1.15. The number of amides is 2. The number of halogens is 2. The molecule has 2 amide bonds. The number of para-hydroxylation sites is 1. The molecule has 160 valence electrons. The van der Waals surface area contributed by atoms with Crippen molar-refractivity contribution in [2.75, 3.05) is 10.6 Å². The molecule has 0 aliphatic rings. The molecule has 0 aliphatic heterocycles. The minimum absolute atomic E-state index is 0.00329. The maximum atomic E-state index is 13.5. The highest BCUT2D eigenvalue weighted by atomic mass is 19.2. The van der Waals surface area contributed by atoms with E-state index in [0.717, 1.165) is 18.2 Å². The normalized spacial score (nSPS) is 10.7. The number of rotatable bonds is 5. The molecule has 8 nitrogen and oxygen atoms in total. The number of hydrogen-bond acceptors (Lipinski definition) is 5. The fourth-order valence-electron chi connectivity index (χ4n) is 3.04. The molecule has 3 aromatic carbocycles. The average Bonchev–Trinajstić information content (AvgIpc) is 3.15. The van der Waals surface area contributed by atoms with Crippen LogP contribution in [0.2, 0.25) is 0 Å². The Hall–Kier alpha value is -4.60. The monoisotopic (exact) mass is 437 g/mol. The van der Waals surface area contributed by atoms with Gasteiger partial charge < -0.3 is 15.1 Å². The van der Waals surface area contributed by atoms with E-state index in [-0.39, 0.29) is 34.0 Å². The summed E-state index contributed by atoms with van der Waals surface area (Å²) in [5, 5.41) is 16.3. The van der Waals surface area contributed by atoms with Crippen LogP contribution in [0.15, 0.2) is 71.1 Å². The summed E-state index contributed by atoms with van der Waals surface area (Å²) < 4.78 is 32.2. The standard InChI is InChI=1S/C22H13F2N3O5/c23-16-9-8-13(11-17(16)24)25-22(29)20-19(15-6-1-2-7-18(15)32-20)26-21(28)12-4-3-5-14(10-12)27(30)31/h1-11H,(H,25,29)(H,26,28).